The molecule has 0 saturated heterocycles. The summed E-state index contributed by atoms with van der Waals surface area (Å²) in [6, 6.07) is 7.09. The van der Waals surface area contributed by atoms with E-state index in [0.717, 1.165) is 4.47 Å². The van der Waals surface area contributed by atoms with Gasteiger partial charge in [0.25, 0.3) is 0 Å². The number of nitrogens with one attached hydrogen (secondary N) is 1. The van der Waals surface area contributed by atoms with Crippen molar-refractivity contribution in [3.8, 4) is 0 Å². The van der Waals surface area contributed by atoms with Gasteiger partial charge in [-0.05, 0) is 28.1 Å². The third-order valence-electron chi connectivity index (χ3n) is 2.06. The number of hydrogen-bond acceptors (Lipinski definition) is 2. The summed E-state index contributed by atoms with van der Waals surface area (Å²) < 4.78 is 2.37. The van der Waals surface area contributed by atoms with E-state index in [9.17, 15) is 4.79 Å². The first kappa shape index (κ1) is 12.1. The van der Waals surface area contributed by atoms with Crippen molar-refractivity contribution in [3.05, 3.63) is 46.2 Å². The molecule has 0 aliphatic carbocycles. The largest absolute Gasteiger partial charge is 0.323 e. The lowest BCUT2D eigenvalue weighted by molar-refractivity contribution is -0.116. The van der Waals surface area contributed by atoms with Crippen molar-refractivity contribution >= 4 is 39.1 Å². The first-order chi connectivity index (χ1) is 8.15. The van der Waals surface area contributed by atoms with E-state index in [0.29, 0.717) is 10.7 Å². The van der Waals surface area contributed by atoms with Crippen LogP contribution in [0.1, 0.15) is 0 Å². The van der Waals surface area contributed by atoms with E-state index in [-0.39, 0.29) is 12.5 Å². The number of carbonyl (C=O) groups excluding carboxylic acids is 1. The maximum Gasteiger partial charge on any atom is 0.246 e. The predicted octanol–water partition coefficient (Wildman–Crippen LogP) is 2.94. The van der Waals surface area contributed by atoms with Crippen LogP contribution < -0.4 is 5.32 Å². The van der Waals surface area contributed by atoms with Gasteiger partial charge in [0.1, 0.15) is 6.54 Å². The molecule has 0 aliphatic rings. The average molecular weight is 315 g/mol. The van der Waals surface area contributed by atoms with Crippen LogP contribution in [0.25, 0.3) is 0 Å². The van der Waals surface area contributed by atoms with E-state index < -0.39 is 0 Å². The molecule has 6 heteroatoms. The van der Waals surface area contributed by atoms with Gasteiger partial charge in [0.15, 0.2) is 0 Å². The fourth-order valence-corrected chi connectivity index (χ4v) is 1.84. The highest BCUT2D eigenvalue weighted by Gasteiger charge is 2.06. The smallest absolute Gasteiger partial charge is 0.246 e. The molecule has 17 heavy (non-hydrogen) atoms. The monoisotopic (exact) mass is 313 g/mol. The minimum atomic E-state index is -0.172. The van der Waals surface area contributed by atoms with Gasteiger partial charge in [-0.3, -0.25) is 9.48 Å². The number of halogens is 2. The summed E-state index contributed by atoms with van der Waals surface area (Å²) in [7, 11) is 0. The highest BCUT2D eigenvalue weighted by Crippen LogP contribution is 2.20. The molecule has 2 rings (SSSR count). The Hall–Kier alpha value is -1.33. The van der Waals surface area contributed by atoms with Crippen LogP contribution in [0, 0.1) is 0 Å². The van der Waals surface area contributed by atoms with Crippen molar-refractivity contribution in [1.82, 2.24) is 9.78 Å². The van der Waals surface area contributed by atoms with Gasteiger partial charge in [-0.15, -0.1) is 0 Å². The standard InChI is InChI=1S/C11H9BrClN3O/c12-8-5-14-16(6-8)7-11(17)15-10-4-2-1-3-9(10)13/h1-6H,7H2,(H,15,17). The molecule has 0 fully saturated rings. The summed E-state index contributed by atoms with van der Waals surface area (Å²) in [6.45, 7) is 0.150. The fraction of sp³-hybridized carbons (Fsp3) is 0.0909. The molecule has 0 bridgehead atoms. The third kappa shape index (κ3) is 3.31. The van der Waals surface area contributed by atoms with Crippen LogP contribution in [0.3, 0.4) is 0 Å². The maximum atomic E-state index is 11.7. The van der Waals surface area contributed by atoms with Crippen LogP contribution in [0.15, 0.2) is 41.1 Å². The molecule has 1 heterocycles. The number of amides is 1. The number of benzene rings is 1. The molecule has 1 aromatic carbocycles. The second kappa shape index (κ2) is 5.33. The van der Waals surface area contributed by atoms with Crippen LogP contribution in [0.5, 0.6) is 0 Å². The normalized spacial score (nSPS) is 10.2. The molecule has 0 atom stereocenters. The molecule has 0 radical (unpaired) electrons. The Morgan fingerprint density at radius 2 is 2.24 bits per heavy atom. The molecule has 0 saturated carbocycles. The van der Waals surface area contributed by atoms with E-state index in [1.54, 1.807) is 24.5 Å². The Morgan fingerprint density at radius 1 is 1.47 bits per heavy atom. The fourth-order valence-electron chi connectivity index (χ4n) is 1.32. The molecule has 4 nitrogen and oxygen atoms in total. The molecule has 2 aromatic rings. The minimum Gasteiger partial charge on any atom is -0.323 e. The van der Waals surface area contributed by atoms with E-state index >= 15 is 0 Å². The zero-order valence-electron chi connectivity index (χ0n) is 8.73. The van der Waals surface area contributed by atoms with Crippen molar-refractivity contribution in [3.63, 3.8) is 0 Å². The van der Waals surface area contributed by atoms with Crippen LogP contribution in [0.2, 0.25) is 5.02 Å². The summed E-state index contributed by atoms with van der Waals surface area (Å²) in [5, 5.41) is 7.23. The van der Waals surface area contributed by atoms with E-state index in [1.165, 1.54) is 4.68 Å². The van der Waals surface area contributed by atoms with Gasteiger partial charge in [-0.1, -0.05) is 23.7 Å². The maximum absolute atomic E-state index is 11.7. The molecule has 0 aliphatic heterocycles. The number of anilines is 1. The van der Waals surface area contributed by atoms with Crippen molar-refractivity contribution < 1.29 is 4.79 Å². The van der Waals surface area contributed by atoms with Crippen LogP contribution in [0.4, 0.5) is 5.69 Å². The predicted molar refractivity (Wildman–Crippen MR) is 70.0 cm³/mol. The molecule has 88 valence electrons. The highest BCUT2D eigenvalue weighted by molar-refractivity contribution is 9.10. The Bertz CT molecular complexity index is 541. The average Bonchev–Trinajstić information content (AvgIpc) is 2.67. The summed E-state index contributed by atoms with van der Waals surface area (Å²) in [6.07, 6.45) is 3.36. The van der Waals surface area contributed by atoms with Gasteiger partial charge in [-0.25, -0.2) is 0 Å². The lowest BCUT2D eigenvalue weighted by atomic mass is 10.3. The van der Waals surface area contributed by atoms with Crippen LogP contribution in [-0.2, 0) is 11.3 Å². The third-order valence-corrected chi connectivity index (χ3v) is 2.79. The van der Waals surface area contributed by atoms with E-state index in [2.05, 4.69) is 26.3 Å². The van der Waals surface area contributed by atoms with Gasteiger partial charge in [0.05, 0.1) is 21.4 Å². The van der Waals surface area contributed by atoms with Gasteiger partial charge < -0.3 is 5.32 Å². The van der Waals surface area contributed by atoms with Crippen molar-refractivity contribution in [2.45, 2.75) is 6.54 Å². The number of carbonyl (C=O) groups is 1. The lowest BCUT2D eigenvalue weighted by Gasteiger charge is -2.06. The molecule has 0 unspecified atom stereocenters. The van der Waals surface area contributed by atoms with Crippen molar-refractivity contribution in [2.75, 3.05) is 5.32 Å². The quantitative estimate of drug-likeness (QED) is 0.947. The summed E-state index contributed by atoms with van der Waals surface area (Å²) in [4.78, 5) is 11.7. The van der Waals surface area contributed by atoms with Crippen molar-refractivity contribution in [2.24, 2.45) is 0 Å². The molecule has 1 N–H and O–H groups in total. The SMILES string of the molecule is O=C(Cn1cc(Br)cn1)Nc1ccccc1Cl. The van der Waals surface area contributed by atoms with E-state index in [1.807, 2.05) is 12.1 Å². The zero-order chi connectivity index (χ0) is 12.3. The highest BCUT2D eigenvalue weighted by atomic mass is 79.9. The number of nitrogens with zero attached hydrogens (tertiary/aromatic N) is 2. The number of para-hydroxylation sites is 1. The number of hydrogen-bond donors (Lipinski definition) is 1. The Morgan fingerprint density at radius 3 is 2.88 bits per heavy atom. The van der Waals surface area contributed by atoms with Gasteiger partial charge in [0.2, 0.25) is 5.91 Å². The second-order valence-electron chi connectivity index (χ2n) is 3.38. The Labute approximate surface area is 112 Å². The van der Waals surface area contributed by atoms with Gasteiger partial charge >= 0.3 is 0 Å². The van der Waals surface area contributed by atoms with Crippen LogP contribution >= 0.6 is 27.5 Å². The van der Waals surface area contributed by atoms with Crippen molar-refractivity contribution in [1.29, 1.82) is 0 Å². The zero-order valence-corrected chi connectivity index (χ0v) is 11.1. The molecule has 1 amide bonds. The lowest BCUT2D eigenvalue weighted by Crippen LogP contribution is -2.19. The molecular formula is C11H9BrClN3O. The van der Waals surface area contributed by atoms with Gasteiger partial charge in [0, 0.05) is 6.20 Å². The summed E-state index contributed by atoms with van der Waals surface area (Å²) in [5.41, 5.74) is 0.602. The minimum absolute atomic E-state index is 0.150. The summed E-state index contributed by atoms with van der Waals surface area (Å²) >= 11 is 9.20. The Balaban J connectivity index is 2.01. The topological polar surface area (TPSA) is 46.9 Å². The summed E-state index contributed by atoms with van der Waals surface area (Å²) in [5.74, 6) is -0.172. The first-order valence-corrected chi connectivity index (χ1v) is 6.04. The Kier molecular flexibility index (Phi) is 3.81. The first-order valence-electron chi connectivity index (χ1n) is 4.87. The molecule has 1 aromatic heterocycles. The van der Waals surface area contributed by atoms with Gasteiger partial charge in [-0.2, -0.15) is 5.10 Å². The number of rotatable bonds is 3. The number of aromatic nitrogens is 2. The molecular weight excluding hydrogens is 305 g/mol. The molecule has 0 spiro atoms. The second-order valence-corrected chi connectivity index (χ2v) is 4.71. The van der Waals surface area contributed by atoms with E-state index in [4.69, 9.17) is 11.6 Å². The van der Waals surface area contributed by atoms with Crippen LogP contribution in [-0.4, -0.2) is 15.7 Å².